The maximum absolute atomic E-state index is 12.5. The first-order chi connectivity index (χ1) is 11.9. The molecular formula is C14H17NO9S2. The highest BCUT2D eigenvalue weighted by atomic mass is 32.2. The van der Waals surface area contributed by atoms with Gasteiger partial charge in [0.1, 0.15) is 6.10 Å². The molecular weight excluding hydrogens is 390 g/mol. The van der Waals surface area contributed by atoms with Crippen molar-refractivity contribution in [3.63, 3.8) is 0 Å². The van der Waals surface area contributed by atoms with Gasteiger partial charge in [-0.15, -0.1) is 0 Å². The largest absolute Gasteiger partial charge is 0.388 e. The Morgan fingerprint density at radius 2 is 1.35 bits per heavy atom. The molecule has 144 valence electrons. The Morgan fingerprint density at radius 1 is 0.923 bits per heavy atom. The summed E-state index contributed by atoms with van der Waals surface area (Å²) in [5.41, 5.74) is 0.163. The fourth-order valence-corrected chi connectivity index (χ4v) is 3.14. The van der Waals surface area contributed by atoms with E-state index in [4.69, 9.17) is 0 Å². The van der Waals surface area contributed by atoms with Crippen LogP contribution in [0.4, 0.5) is 0 Å². The summed E-state index contributed by atoms with van der Waals surface area (Å²) in [6, 6.07) is 4.42. The van der Waals surface area contributed by atoms with Gasteiger partial charge in [0.05, 0.1) is 42.9 Å². The van der Waals surface area contributed by atoms with Gasteiger partial charge >= 0.3 is 0 Å². The van der Waals surface area contributed by atoms with Crippen molar-refractivity contribution < 1.29 is 39.9 Å². The lowest BCUT2D eigenvalue weighted by molar-refractivity contribution is 0.00743. The lowest BCUT2D eigenvalue weighted by Gasteiger charge is -2.29. The fraction of sp³-hybridized carbons (Fsp3) is 0.429. The molecule has 1 heterocycles. The predicted octanol–water partition coefficient (Wildman–Crippen LogP) is -1.04. The Labute approximate surface area is 150 Å². The number of fused-ring (bicyclic) bond motifs is 1. The summed E-state index contributed by atoms with van der Waals surface area (Å²) in [4.78, 5) is 25.7. The number of aliphatic hydroxyl groups is 1. The van der Waals surface area contributed by atoms with E-state index in [1.165, 1.54) is 12.1 Å². The van der Waals surface area contributed by atoms with E-state index in [0.29, 0.717) is 4.90 Å². The van der Waals surface area contributed by atoms with Crippen LogP contribution in [0.1, 0.15) is 20.7 Å². The number of imide groups is 1. The summed E-state index contributed by atoms with van der Waals surface area (Å²) in [6.45, 7) is -1.54. The molecule has 0 radical (unpaired) electrons. The molecule has 1 N–H and O–H groups in total. The van der Waals surface area contributed by atoms with Gasteiger partial charge in [0.15, 0.2) is 0 Å². The number of rotatable bonds is 8. The molecule has 2 rings (SSSR count). The van der Waals surface area contributed by atoms with Crippen molar-refractivity contribution in [2.24, 2.45) is 0 Å². The van der Waals surface area contributed by atoms with Gasteiger partial charge in [-0.25, -0.2) is 0 Å². The maximum Gasteiger partial charge on any atom is 0.264 e. The Bertz CT molecular complexity index is 888. The van der Waals surface area contributed by atoms with Crippen molar-refractivity contribution in [3.8, 4) is 0 Å². The van der Waals surface area contributed by atoms with Gasteiger partial charge in [0.2, 0.25) is 0 Å². The number of hydrogen-bond acceptors (Lipinski definition) is 9. The van der Waals surface area contributed by atoms with Crippen molar-refractivity contribution in [2.75, 3.05) is 25.7 Å². The Kier molecular flexibility index (Phi) is 5.82. The first-order valence-corrected chi connectivity index (χ1v) is 10.9. The first-order valence-electron chi connectivity index (χ1n) is 7.24. The van der Waals surface area contributed by atoms with E-state index in [0.717, 1.165) is 12.5 Å². The smallest absolute Gasteiger partial charge is 0.264 e. The van der Waals surface area contributed by atoms with Gasteiger partial charge in [-0.1, -0.05) is 12.1 Å². The molecule has 0 saturated carbocycles. The number of aliphatic hydroxyl groups excluding tert-OH is 1. The molecule has 12 heteroatoms. The van der Waals surface area contributed by atoms with Crippen LogP contribution in [-0.2, 0) is 28.6 Å². The third-order valence-electron chi connectivity index (χ3n) is 3.51. The SMILES string of the molecule is CS(=O)(=O)OCC(O)C(COS(C)(=O)=O)N1C(=O)c2ccccc2C1=O. The molecule has 0 aliphatic carbocycles. The van der Waals surface area contributed by atoms with Crippen LogP contribution in [-0.4, -0.2) is 76.5 Å². The molecule has 0 aromatic heterocycles. The molecule has 1 aliphatic rings. The van der Waals surface area contributed by atoms with Gasteiger partial charge in [-0.2, -0.15) is 16.8 Å². The molecule has 0 spiro atoms. The molecule has 26 heavy (non-hydrogen) atoms. The normalized spacial score (nSPS) is 17.3. The molecule has 1 aromatic carbocycles. The van der Waals surface area contributed by atoms with Crippen LogP contribution in [0, 0.1) is 0 Å². The third kappa shape index (κ3) is 4.86. The van der Waals surface area contributed by atoms with Crippen molar-refractivity contribution >= 4 is 32.1 Å². The number of hydrogen-bond donors (Lipinski definition) is 1. The molecule has 0 bridgehead atoms. The highest BCUT2D eigenvalue weighted by Crippen LogP contribution is 2.26. The van der Waals surface area contributed by atoms with Crippen LogP contribution in [0.5, 0.6) is 0 Å². The number of carbonyl (C=O) groups excluding carboxylic acids is 2. The van der Waals surface area contributed by atoms with Crippen molar-refractivity contribution in [3.05, 3.63) is 35.4 Å². The van der Waals surface area contributed by atoms with Crippen LogP contribution in [0.3, 0.4) is 0 Å². The minimum Gasteiger partial charge on any atom is -0.388 e. The van der Waals surface area contributed by atoms with Gasteiger partial charge < -0.3 is 5.11 Å². The Hall–Kier alpha value is -1.86. The van der Waals surface area contributed by atoms with E-state index in [9.17, 15) is 31.5 Å². The third-order valence-corrected chi connectivity index (χ3v) is 4.64. The summed E-state index contributed by atoms with van der Waals surface area (Å²) >= 11 is 0. The van der Waals surface area contributed by atoms with E-state index >= 15 is 0 Å². The lowest BCUT2D eigenvalue weighted by atomic mass is 10.1. The number of carbonyl (C=O) groups is 2. The summed E-state index contributed by atoms with van der Waals surface area (Å²) in [6.07, 6.45) is -0.191. The van der Waals surface area contributed by atoms with E-state index in [1.54, 1.807) is 12.1 Å². The van der Waals surface area contributed by atoms with E-state index in [1.807, 2.05) is 0 Å². The Balaban J connectivity index is 2.31. The average molecular weight is 407 g/mol. The highest BCUT2D eigenvalue weighted by Gasteiger charge is 2.43. The fourth-order valence-electron chi connectivity index (χ4n) is 2.36. The zero-order valence-corrected chi connectivity index (χ0v) is 15.5. The van der Waals surface area contributed by atoms with Crippen molar-refractivity contribution in [2.45, 2.75) is 12.1 Å². The summed E-state index contributed by atoms with van der Waals surface area (Å²) in [5, 5.41) is 10.2. The molecule has 2 unspecified atom stereocenters. The number of benzene rings is 1. The molecule has 0 saturated heterocycles. The summed E-state index contributed by atoms with van der Waals surface area (Å²) in [5.74, 6) is -1.52. The van der Waals surface area contributed by atoms with E-state index in [-0.39, 0.29) is 11.1 Å². The summed E-state index contributed by atoms with van der Waals surface area (Å²) in [7, 11) is -7.86. The predicted molar refractivity (Wildman–Crippen MR) is 88.3 cm³/mol. The van der Waals surface area contributed by atoms with Crippen molar-refractivity contribution in [1.82, 2.24) is 4.90 Å². The quantitative estimate of drug-likeness (QED) is 0.422. The molecule has 2 atom stereocenters. The summed E-state index contributed by atoms with van der Waals surface area (Å²) < 4.78 is 53.8. The number of amides is 2. The average Bonchev–Trinajstić information content (AvgIpc) is 2.77. The molecule has 1 aliphatic heterocycles. The second kappa shape index (κ2) is 7.40. The van der Waals surface area contributed by atoms with Crippen LogP contribution in [0.25, 0.3) is 0 Å². The standard InChI is InChI=1S/C14H17NO9S2/c1-25(19,20)23-7-11(12(16)8-24-26(2,21)22)15-13(17)9-5-3-4-6-10(9)14(15)18/h3-6,11-12,16H,7-8H2,1-2H3. The lowest BCUT2D eigenvalue weighted by Crippen LogP contribution is -2.51. The van der Waals surface area contributed by atoms with E-state index < -0.39 is 57.4 Å². The molecule has 0 fully saturated rings. The van der Waals surface area contributed by atoms with Crippen LogP contribution >= 0.6 is 0 Å². The van der Waals surface area contributed by atoms with Crippen LogP contribution in [0.15, 0.2) is 24.3 Å². The van der Waals surface area contributed by atoms with Gasteiger partial charge in [-0.3, -0.25) is 22.9 Å². The van der Waals surface area contributed by atoms with Gasteiger partial charge in [0.25, 0.3) is 32.1 Å². The van der Waals surface area contributed by atoms with Crippen LogP contribution < -0.4 is 0 Å². The monoisotopic (exact) mass is 407 g/mol. The first kappa shape index (κ1) is 20.5. The zero-order chi connectivity index (χ0) is 19.7. The van der Waals surface area contributed by atoms with Crippen LogP contribution in [0.2, 0.25) is 0 Å². The van der Waals surface area contributed by atoms with E-state index in [2.05, 4.69) is 8.37 Å². The minimum absolute atomic E-state index is 0.0816. The maximum atomic E-state index is 12.5. The zero-order valence-electron chi connectivity index (χ0n) is 13.9. The second-order valence-electron chi connectivity index (χ2n) is 5.64. The highest BCUT2D eigenvalue weighted by molar-refractivity contribution is 7.86. The molecule has 10 nitrogen and oxygen atoms in total. The Morgan fingerprint density at radius 3 is 1.77 bits per heavy atom. The molecule has 1 aromatic rings. The second-order valence-corrected chi connectivity index (χ2v) is 8.93. The minimum atomic E-state index is -3.95. The number of nitrogens with zero attached hydrogens (tertiary/aromatic N) is 1. The van der Waals surface area contributed by atoms with Crippen molar-refractivity contribution in [1.29, 1.82) is 0 Å². The van der Waals surface area contributed by atoms with Gasteiger partial charge in [-0.05, 0) is 12.1 Å². The topological polar surface area (TPSA) is 144 Å². The molecule has 2 amide bonds. The van der Waals surface area contributed by atoms with Gasteiger partial charge in [0, 0.05) is 0 Å².